The van der Waals surface area contributed by atoms with Crippen LogP contribution in [0.3, 0.4) is 0 Å². The monoisotopic (exact) mass is 928 g/mol. The maximum Gasteiger partial charge on any atom is 0.303 e. The molecular formula is C56H81NO10. The highest BCUT2D eigenvalue weighted by molar-refractivity contribution is 5.78. The number of carbonyl (C=O) groups is 4. The zero-order valence-corrected chi connectivity index (χ0v) is 41.6. The van der Waals surface area contributed by atoms with E-state index in [1.54, 1.807) is 36.3 Å². The van der Waals surface area contributed by atoms with Crippen LogP contribution >= 0.6 is 0 Å². The Balaban J connectivity index is 1.91. The summed E-state index contributed by atoms with van der Waals surface area (Å²) < 4.78 is 38.1. The number of hydrogen-bond donors (Lipinski definition) is 0. The van der Waals surface area contributed by atoms with Gasteiger partial charge in [0, 0.05) is 33.7 Å². The van der Waals surface area contributed by atoms with E-state index in [4.69, 9.17) is 28.4 Å². The number of methoxy groups -OCH3 is 1. The third-order valence-corrected chi connectivity index (χ3v) is 12.7. The Morgan fingerprint density at radius 2 is 0.985 bits per heavy atom. The van der Waals surface area contributed by atoms with Gasteiger partial charge in [-0.2, -0.15) is 0 Å². The minimum Gasteiger partial charge on any atom is -0.497 e. The second-order valence-electron chi connectivity index (χ2n) is 18.1. The summed E-state index contributed by atoms with van der Waals surface area (Å²) in [5, 5.41) is 0. The van der Waals surface area contributed by atoms with E-state index in [-0.39, 0.29) is 25.5 Å². The van der Waals surface area contributed by atoms with Crippen molar-refractivity contribution in [2.75, 3.05) is 20.3 Å². The van der Waals surface area contributed by atoms with Gasteiger partial charge in [-0.3, -0.25) is 19.2 Å². The first-order valence-corrected chi connectivity index (χ1v) is 25.4. The van der Waals surface area contributed by atoms with Crippen LogP contribution in [0.5, 0.6) is 11.5 Å². The van der Waals surface area contributed by atoms with Gasteiger partial charge in [0.1, 0.15) is 24.2 Å². The first kappa shape index (κ1) is 54.7. The van der Waals surface area contributed by atoms with Gasteiger partial charge in [-0.25, -0.2) is 0 Å². The van der Waals surface area contributed by atoms with E-state index in [1.165, 1.54) is 85.0 Å². The van der Waals surface area contributed by atoms with Crippen LogP contribution in [0.1, 0.15) is 180 Å². The molecule has 1 heterocycles. The topological polar surface area (TPSA) is 127 Å². The van der Waals surface area contributed by atoms with Crippen LogP contribution in [0, 0.1) is 0 Å². The molecule has 11 nitrogen and oxygen atoms in total. The average Bonchev–Trinajstić information content (AvgIpc) is 3.32. The lowest BCUT2D eigenvalue weighted by Gasteiger charge is -2.58. The summed E-state index contributed by atoms with van der Waals surface area (Å²) in [6, 6.07) is 26.5. The van der Waals surface area contributed by atoms with Gasteiger partial charge < -0.3 is 33.3 Å². The summed E-state index contributed by atoms with van der Waals surface area (Å²) in [7, 11) is 1.58. The summed E-state index contributed by atoms with van der Waals surface area (Å²) in [4.78, 5) is 57.4. The Morgan fingerprint density at radius 3 is 1.45 bits per heavy atom. The normalized spacial score (nSPS) is 19.1. The molecule has 0 aliphatic carbocycles. The Bertz CT molecular complexity index is 1820. The molecule has 1 fully saturated rings. The van der Waals surface area contributed by atoms with Crippen LogP contribution in [-0.2, 0) is 38.1 Å². The van der Waals surface area contributed by atoms with Crippen LogP contribution in [-0.4, -0.2) is 79.1 Å². The van der Waals surface area contributed by atoms with Gasteiger partial charge in [0.25, 0.3) is 0 Å². The first-order valence-electron chi connectivity index (χ1n) is 25.4. The molecule has 3 aromatic rings. The van der Waals surface area contributed by atoms with Gasteiger partial charge in [0.2, 0.25) is 5.91 Å². The first-order chi connectivity index (χ1) is 32.5. The second kappa shape index (κ2) is 30.5. The van der Waals surface area contributed by atoms with Crippen molar-refractivity contribution in [2.45, 2.75) is 199 Å². The van der Waals surface area contributed by atoms with Crippen LogP contribution in [0.2, 0.25) is 0 Å². The lowest BCUT2D eigenvalue weighted by atomic mass is 9.73. The van der Waals surface area contributed by atoms with Crippen molar-refractivity contribution >= 4 is 23.8 Å². The molecule has 0 unspecified atom stereocenters. The average molecular weight is 928 g/mol. The predicted octanol–water partition coefficient (Wildman–Crippen LogP) is 12.5. The SMILES string of the molecule is CCCCCCCCCCCCN(C(=O)CCCCCCCCCCC)[C@]1(C(c2ccccc2)c2ccccc2)O[C@H](COc2ccc(OC)cc2)[C@@H](OC(C)=O)[C@H](OC(C)=O)[C@@H]1OC(C)=O. The lowest BCUT2D eigenvalue weighted by molar-refractivity contribution is -0.324. The summed E-state index contributed by atoms with van der Waals surface area (Å²) in [5.41, 5.74) is -0.316. The molecule has 0 spiro atoms. The highest BCUT2D eigenvalue weighted by atomic mass is 16.7. The lowest BCUT2D eigenvalue weighted by Crippen LogP contribution is -2.76. The number of nitrogens with zero attached hydrogens (tertiary/aromatic N) is 1. The van der Waals surface area contributed by atoms with Gasteiger partial charge in [0.05, 0.1) is 13.0 Å². The molecular weight excluding hydrogens is 847 g/mol. The van der Waals surface area contributed by atoms with Crippen molar-refractivity contribution in [1.29, 1.82) is 0 Å². The van der Waals surface area contributed by atoms with E-state index in [0.29, 0.717) is 24.3 Å². The molecule has 1 aliphatic heterocycles. The second-order valence-corrected chi connectivity index (χ2v) is 18.1. The zero-order valence-electron chi connectivity index (χ0n) is 41.6. The van der Waals surface area contributed by atoms with Gasteiger partial charge in [-0.1, -0.05) is 184 Å². The number of rotatable bonds is 32. The molecule has 67 heavy (non-hydrogen) atoms. The molecule has 1 aliphatic rings. The number of unbranched alkanes of at least 4 members (excludes halogenated alkanes) is 17. The number of benzene rings is 3. The fourth-order valence-corrected chi connectivity index (χ4v) is 9.50. The molecule has 3 aromatic carbocycles. The summed E-state index contributed by atoms with van der Waals surface area (Å²) >= 11 is 0. The van der Waals surface area contributed by atoms with Crippen molar-refractivity contribution in [2.24, 2.45) is 0 Å². The van der Waals surface area contributed by atoms with Crippen LogP contribution < -0.4 is 9.47 Å². The van der Waals surface area contributed by atoms with Crippen molar-refractivity contribution < 1.29 is 47.6 Å². The number of hydrogen-bond acceptors (Lipinski definition) is 10. The molecule has 370 valence electrons. The quantitative estimate of drug-likeness (QED) is 0.0339. The van der Waals surface area contributed by atoms with E-state index in [2.05, 4.69) is 13.8 Å². The van der Waals surface area contributed by atoms with E-state index in [9.17, 15) is 14.4 Å². The fourth-order valence-electron chi connectivity index (χ4n) is 9.50. The smallest absolute Gasteiger partial charge is 0.303 e. The van der Waals surface area contributed by atoms with E-state index in [1.807, 2.05) is 60.7 Å². The maximum atomic E-state index is 15.5. The molecule has 11 heteroatoms. The summed E-state index contributed by atoms with van der Waals surface area (Å²) in [6.07, 6.45) is 15.6. The van der Waals surface area contributed by atoms with Crippen molar-refractivity contribution in [3.8, 4) is 11.5 Å². The van der Waals surface area contributed by atoms with Crippen molar-refractivity contribution in [3.05, 3.63) is 96.1 Å². The third kappa shape index (κ3) is 17.6. The van der Waals surface area contributed by atoms with E-state index in [0.717, 1.165) is 56.1 Å². The molecule has 0 radical (unpaired) electrons. The highest BCUT2D eigenvalue weighted by Gasteiger charge is 2.66. The Labute approximate surface area is 401 Å². The minimum atomic E-state index is -1.87. The zero-order chi connectivity index (χ0) is 48.3. The Hall–Kier alpha value is -4.90. The van der Waals surface area contributed by atoms with Crippen LogP contribution in [0.25, 0.3) is 0 Å². The number of carbonyl (C=O) groups excluding carboxylic acids is 4. The molecule has 1 saturated heterocycles. The van der Waals surface area contributed by atoms with Gasteiger partial charge in [0.15, 0.2) is 24.0 Å². The number of amides is 1. The van der Waals surface area contributed by atoms with Gasteiger partial charge >= 0.3 is 17.9 Å². The molecule has 0 N–H and O–H groups in total. The predicted molar refractivity (Wildman–Crippen MR) is 263 cm³/mol. The molecule has 5 atom stereocenters. The van der Waals surface area contributed by atoms with Gasteiger partial charge in [-0.05, 0) is 48.2 Å². The van der Waals surface area contributed by atoms with Crippen LogP contribution in [0.4, 0.5) is 0 Å². The molecule has 1 amide bonds. The van der Waals surface area contributed by atoms with E-state index < -0.39 is 54.0 Å². The fraction of sp³-hybridized carbons (Fsp3) is 0.607. The minimum absolute atomic E-state index is 0.171. The van der Waals surface area contributed by atoms with E-state index >= 15 is 4.79 Å². The molecule has 0 bridgehead atoms. The Kier molecular flexibility index (Phi) is 24.9. The molecule has 0 saturated carbocycles. The molecule has 4 rings (SSSR count). The number of ether oxygens (including phenoxy) is 6. The molecule has 0 aromatic heterocycles. The number of esters is 3. The third-order valence-electron chi connectivity index (χ3n) is 12.7. The summed E-state index contributed by atoms with van der Waals surface area (Å²) in [6.45, 7) is 8.33. The Morgan fingerprint density at radius 1 is 0.552 bits per heavy atom. The van der Waals surface area contributed by atoms with Crippen molar-refractivity contribution in [1.82, 2.24) is 4.90 Å². The van der Waals surface area contributed by atoms with Crippen LogP contribution in [0.15, 0.2) is 84.9 Å². The van der Waals surface area contributed by atoms with Gasteiger partial charge in [-0.15, -0.1) is 0 Å². The standard InChI is InChI=1S/C56H81NO10/c1-7-9-11-13-15-17-19-21-23-31-41-57(51(61)36-30-22-20-18-16-14-12-10-8-2)56(52(46-32-26-24-27-33-46)47-34-28-25-29-35-47)55(66-45(5)60)54(65-44(4)59)53(64-43(3)58)50(67-56)42-63-49-39-37-48(62-6)38-40-49/h24-29,32-35,37-40,50,52-55H,7-23,30-31,36,41-42H2,1-6H3/t50-,53-,54+,55+,56-/m1/s1. The summed E-state index contributed by atoms with van der Waals surface area (Å²) in [5.74, 6) is -1.91. The maximum absolute atomic E-state index is 15.5. The van der Waals surface area contributed by atoms with Crippen molar-refractivity contribution in [3.63, 3.8) is 0 Å². The largest absolute Gasteiger partial charge is 0.497 e. The highest BCUT2D eigenvalue weighted by Crippen LogP contribution is 2.50.